The highest BCUT2D eigenvalue weighted by atomic mass is 16.2. The van der Waals surface area contributed by atoms with E-state index in [9.17, 15) is 9.59 Å². The summed E-state index contributed by atoms with van der Waals surface area (Å²) in [7, 11) is 1.84. The van der Waals surface area contributed by atoms with Gasteiger partial charge in [-0.3, -0.25) is 19.6 Å². The van der Waals surface area contributed by atoms with Crippen LogP contribution in [0.25, 0.3) is 0 Å². The van der Waals surface area contributed by atoms with Crippen molar-refractivity contribution in [3.63, 3.8) is 0 Å². The fourth-order valence-corrected chi connectivity index (χ4v) is 4.29. The number of hydrogen-bond acceptors (Lipinski definition) is 4. The van der Waals surface area contributed by atoms with Crippen molar-refractivity contribution in [2.45, 2.75) is 31.6 Å². The molecule has 0 N–H and O–H groups in total. The van der Waals surface area contributed by atoms with Crippen LogP contribution in [-0.4, -0.2) is 58.3 Å². The van der Waals surface area contributed by atoms with Crippen molar-refractivity contribution < 1.29 is 9.59 Å². The van der Waals surface area contributed by atoms with Gasteiger partial charge >= 0.3 is 0 Å². The third-order valence-electron chi connectivity index (χ3n) is 6.27. The number of aromatic nitrogens is 2. The summed E-state index contributed by atoms with van der Waals surface area (Å²) in [6.07, 6.45) is 6.94. The molecular formula is C27H30N4O2. The van der Waals surface area contributed by atoms with E-state index in [0.717, 1.165) is 31.4 Å². The van der Waals surface area contributed by atoms with Crippen LogP contribution in [0.1, 0.15) is 57.3 Å². The molecule has 33 heavy (non-hydrogen) atoms. The zero-order chi connectivity index (χ0) is 23.0. The summed E-state index contributed by atoms with van der Waals surface area (Å²) >= 11 is 0. The average molecular weight is 443 g/mol. The Morgan fingerprint density at radius 2 is 1.73 bits per heavy atom. The highest BCUT2D eigenvalue weighted by Crippen LogP contribution is 2.27. The number of carbonyl (C=O) groups is 2. The average Bonchev–Trinajstić information content (AvgIpc) is 2.89. The molecule has 3 aromatic rings. The summed E-state index contributed by atoms with van der Waals surface area (Å²) in [6.45, 7) is 2.08. The SMILES string of the molecule is CN(CCCc1ccccc1)C(=O)c1ccc(C2CCN(C(=O)c3ccccn3)CC2)nc1. The van der Waals surface area contributed by atoms with Crippen molar-refractivity contribution in [3.8, 4) is 0 Å². The van der Waals surface area contributed by atoms with Gasteiger partial charge in [-0.25, -0.2) is 0 Å². The number of nitrogens with zero attached hydrogens (tertiary/aromatic N) is 4. The van der Waals surface area contributed by atoms with E-state index < -0.39 is 0 Å². The Balaban J connectivity index is 1.26. The second-order valence-corrected chi connectivity index (χ2v) is 8.57. The van der Waals surface area contributed by atoms with Crippen LogP contribution in [-0.2, 0) is 6.42 Å². The van der Waals surface area contributed by atoms with Crippen molar-refractivity contribution in [2.75, 3.05) is 26.7 Å². The summed E-state index contributed by atoms with van der Waals surface area (Å²) in [4.78, 5) is 37.7. The summed E-state index contributed by atoms with van der Waals surface area (Å²) in [5.41, 5.74) is 3.38. The van der Waals surface area contributed by atoms with E-state index in [1.807, 2.05) is 54.4 Å². The Hall–Kier alpha value is -3.54. The maximum atomic E-state index is 12.8. The number of piperidine rings is 1. The van der Waals surface area contributed by atoms with Crippen LogP contribution in [0, 0.1) is 0 Å². The van der Waals surface area contributed by atoms with Gasteiger partial charge in [0.15, 0.2) is 0 Å². The molecule has 0 bridgehead atoms. The van der Waals surface area contributed by atoms with Gasteiger partial charge in [-0.05, 0) is 55.5 Å². The summed E-state index contributed by atoms with van der Waals surface area (Å²) in [5, 5.41) is 0. The number of hydrogen-bond donors (Lipinski definition) is 0. The van der Waals surface area contributed by atoms with Crippen molar-refractivity contribution in [3.05, 3.63) is 95.6 Å². The first-order chi connectivity index (χ1) is 16.1. The summed E-state index contributed by atoms with van der Waals surface area (Å²) in [6, 6.07) is 19.6. The minimum atomic E-state index is -0.0155. The Labute approximate surface area is 195 Å². The van der Waals surface area contributed by atoms with Gasteiger partial charge in [0.2, 0.25) is 0 Å². The molecule has 1 aliphatic rings. The van der Waals surface area contributed by atoms with Crippen LogP contribution in [0.15, 0.2) is 73.1 Å². The molecule has 0 spiro atoms. The molecule has 1 fully saturated rings. The van der Waals surface area contributed by atoms with Gasteiger partial charge in [0.25, 0.3) is 11.8 Å². The molecule has 170 valence electrons. The van der Waals surface area contributed by atoms with Gasteiger partial charge < -0.3 is 9.80 Å². The Bertz CT molecular complexity index is 1050. The molecule has 2 amide bonds. The van der Waals surface area contributed by atoms with E-state index in [0.29, 0.717) is 36.8 Å². The zero-order valence-corrected chi connectivity index (χ0v) is 19.1. The van der Waals surface area contributed by atoms with Gasteiger partial charge in [0.05, 0.1) is 5.56 Å². The van der Waals surface area contributed by atoms with Crippen LogP contribution < -0.4 is 0 Å². The zero-order valence-electron chi connectivity index (χ0n) is 19.1. The molecule has 0 radical (unpaired) electrons. The lowest BCUT2D eigenvalue weighted by molar-refractivity contribution is 0.0705. The van der Waals surface area contributed by atoms with Crippen LogP contribution in [0.5, 0.6) is 0 Å². The number of rotatable bonds is 7. The largest absolute Gasteiger partial charge is 0.342 e. The van der Waals surface area contributed by atoms with Crippen molar-refractivity contribution in [1.29, 1.82) is 0 Å². The van der Waals surface area contributed by atoms with E-state index in [4.69, 9.17) is 0 Å². The Morgan fingerprint density at radius 3 is 2.39 bits per heavy atom. The van der Waals surface area contributed by atoms with E-state index in [-0.39, 0.29) is 11.8 Å². The molecule has 0 saturated carbocycles. The minimum Gasteiger partial charge on any atom is -0.342 e. The third-order valence-corrected chi connectivity index (χ3v) is 6.27. The van der Waals surface area contributed by atoms with Gasteiger partial charge in [-0.1, -0.05) is 36.4 Å². The molecular weight excluding hydrogens is 412 g/mol. The molecule has 0 aliphatic carbocycles. The molecule has 3 heterocycles. The van der Waals surface area contributed by atoms with E-state index >= 15 is 0 Å². The number of benzene rings is 1. The quantitative estimate of drug-likeness (QED) is 0.550. The number of aryl methyl sites for hydroxylation is 1. The van der Waals surface area contributed by atoms with Crippen LogP contribution >= 0.6 is 0 Å². The first-order valence-corrected chi connectivity index (χ1v) is 11.6. The molecule has 2 aromatic heterocycles. The summed E-state index contributed by atoms with van der Waals surface area (Å²) in [5.74, 6) is 0.279. The smallest absolute Gasteiger partial charge is 0.272 e. The van der Waals surface area contributed by atoms with E-state index in [1.165, 1.54) is 5.56 Å². The molecule has 1 saturated heterocycles. The third kappa shape index (κ3) is 5.83. The Morgan fingerprint density at radius 1 is 0.970 bits per heavy atom. The molecule has 1 aromatic carbocycles. The molecule has 0 unspecified atom stereocenters. The van der Waals surface area contributed by atoms with Crippen LogP contribution in [0.2, 0.25) is 0 Å². The molecule has 6 nitrogen and oxygen atoms in total. The lowest BCUT2D eigenvalue weighted by atomic mass is 9.92. The number of pyridine rings is 2. The predicted molar refractivity (Wildman–Crippen MR) is 128 cm³/mol. The normalized spacial score (nSPS) is 14.2. The molecule has 1 aliphatic heterocycles. The van der Waals surface area contributed by atoms with Gasteiger partial charge in [0.1, 0.15) is 5.69 Å². The molecule has 4 rings (SSSR count). The van der Waals surface area contributed by atoms with E-state index in [1.54, 1.807) is 23.4 Å². The number of amides is 2. The van der Waals surface area contributed by atoms with Crippen molar-refractivity contribution >= 4 is 11.8 Å². The maximum Gasteiger partial charge on any atom is 0.272 e. The van der Waals surface area contributed by atoms with Gasteiger partial charge in [-0.15, -0.1) is 0 Å². The topological polar surface area (TPSA) is 66.4 Å². The van der Waals surface area contributed by atoms with Gasteiger partial charge in [-0.2, -0.15) is 0 Å². The van der Waals surface area contributed by atoms with E-state index in [2.05, 4.69) is 22.1 Å². The number of carbonyl (C=O) groups excluding carboxylic acids is 2. The monoisotopic (exact) mass is 442 g/mol. The van der Waals surface area contributed by atoms with Crippen LogP contribution in [0.4, 0.5) is 0 Å². The second kappa shape index (κ2) is 10.9. The van der Waals surface area contributed by atoms with Crippen LogP contribution in [0.3, 0.4) is 0 Å². The lowest BCUT2D eigenvalue weighted by Crippen LogP contribution is -2.38. The number of likely N-dealkylation sites (tertiary alicyclic amines) is 1. The first kappa shape index (κ1) is 22.6. The molecule has 0 atom stereocenters. The second-order valence-electron chi connectivity index (χ2n) is 8.57. The van der Waals surface area contributed by atoms with Gasteiger partial charge in [0, 0.05) is 50.7 Å². The highest BCUT2D eigenvalue weighted by Gasteiger charge is 2.26. The maximum absolute atomic E-state index is 12.8. The highest BCUT2D eigenvalue weighted by molar-refractivity contribution is 5.93. The van der Waals surface area contributed by atoms with Crippen molar-refractivity contribution in [2.24, 2.45) is 0 Å². The Kier molecular flexibility index (Phi) is 7.45. The fraction of sp³-hybridized carbons (Fsp3) is 0.333. The minimum absolute atomic E-state index is 0.00195. The standard InChI is InChI=1S/C27H30N4O2/c1-30(17-7-10-21-8-3-2-4-9-21)26(32)23-12-13-24(29-20-23)22-14-18-31(19-15-22)27(33)25-11-5-6-16-28-25/h2-6,8-9,11-13,16,20,22H,7,10,14-15,17-19H2,1H3. The predicted octanol–water partition coefficient (Wildman–Crippen LogP) is 4.20. The fourth-order valence-electron chi connectivity index (χ4n) is 4.29. The molecule has 6 heteroatoms. The summed E-state index contributed by atoms with van der Waals surface area (Å²) < 4.78 is 0. The van der Waals surface area contributed by atoms with Crippen molar-refractivity contribution in [1.82, 2.24) is 19.8 Å². The first-order valence-electron chi connectivity index (χ1n) is 11.6. The lowest BCUT2D eigenvalue weighted by Gasteiger charge is -2.31.